The van der Waals surface area contributed by atoms with E-state index in [0.29, 0.717) is 17.3 Å². The lowest BCUT2D eigenvalue weighted by atomic mass is 10.0. The fourth-order valence-corrected chi connectivity index (χ4v) is 2.98. The van der Waals surface area contributed by atoms with Gasteiger partial charge in [-0.2, -0.15) is 0 Å². The van der Waals surface area contributed by atoms with Gasteiger partial charge in [0.1, 0.15) is 0 Å². The smallest absolute Gasteiger partial charge is 0.165 e. The molecule has 0 spiro atoms. The van der Waals surface area contributed by atoms with Crippen LogP contribution >= 0.6 is 38.9 Å². The Hall–Kier alpha value is -0.710. The summed E-state index contributed by atoms with van der Waals surface area (Å²) < 4.78 is 14.3. The van der Waals surface area contributed by atoms with E-state index < -0.39 is 5.82 Å². The maximum absolute atomic E-state index is 13.8. The Kier molecular flexibility index (Phi) is 5.13. The topological polar surface area (TPSA) is 17.1 Å². The van der Waals surface area contributed by atoms with E-state index in [-0.39, 0.29) is 16.4 Å². The van der Waals surface area contributed by atoms with Gasteiger partial charge in [-0.15, -0.1) is 11.3 Å². The highest BCUT2D eigenvalue weighted by Crippen LogP contribution is 2.28. The van der Waals surface area contributed by atoms with Crippen LogP contribution in [-0.2, 0) is 6.42 Å². The van der Waals surface area contributed by atoms with Gasteiger partial charge in [-0.25, -0.2) is 4.39 Å². The normalized spacial score (nSPS) is 10.7. The number of aryl methyl sites for hydroxylation is 1. The van der Waals surface area contributed by atoms with Gasteiger partial charge in [-0.1, -0.05) is 17.7 Å². The van der Waals surface area contributed by atoms with Gasteiger partial charge in [0.05, 0.1) is 10.6 Å². The second kappa shape index (κ2) is 6.64. The maximum Gasteiger partial charge on any atom is 0.165 e. The number of ketones is 1. The zero-order valence-corrected chi connectivity index (χ0v) is 13.1. The molecular weight excluding hydrogens is 351 g/mol. The highest BCUT2D eigenvalue weighted by atomic mass is 79.9. The Balaban J connectivity index is 1.98. The lowest BCUT2D eigenvalue weighted by molar-refractivity contribution is 0.0976. The quantitative estimate of drug-likeness (QED) is 0.507. The van der Waals surface area contributed by atoms with E-state index in [9.17, 15) is 9.18 Å². The number of carbonyl (C=O) groups excluding carboxylic acids is 1. The number of hydrogen-bond acceptors (Lipinski definition) is 2. The van der Waals surface area contributed by atoms with Crippen molar-refractivity contribution in [3.63, 3.8) is 0 Å². The molecular formula is C14H11BrClFOS. The average Bonchev–Trinajstić information content (AvgIpc) is 2.89. The molecule has 5 heteroatoms. The molecule has 0 aliphatic heterocycles. The van der Waals surface area contributed by atoms with Crippen molar-refractivity contribution in [2.45, 2.75) is 19.3 Å². The number of halogens is 3. The summed E-state index contributed by atoms with van der Waals surface area (Å²) in [5.41, 5.74) is 0.0689. The van der Waals surface area contributed by atoms with Gasteiger partial charge in [-0.3, -0.25) is 4.79 Å². The molecule has 0 saturated carbocycles. The molecule has 0 aliphatic carbocycles. The standard InChI is InChI=1S/C14H11BrClFOS/c15-11-7-6-10(14(17)13(11)16)12(18)5-1-3-9-4-2-8-19-9/h2,4,6-8H,1,3,5H2. The highest BCUT2D eigenvalue weighted by molar-refractivity contribution is 9.10. The van der Waals surface area contributed by atoms with Crippen molar-refractivity contribution < 1.29 is 9.18 Å². The van der Waals surface area contributed by atoms with Gasteiger partial charge in [0.2, 0.25) is 0 Å². The van der Waals surface area contributed by atoms with Crippen LogP contribution in [0, 0.1) is 5.82 Å². The lowest BCUT2D eigenvalue weighted by Crippen LogP contribution is -2.03. The molecule has 0 fully saturated rings. The first-order valence-electron chi connectivity index (χ1n) is 5.78. The number of hydrogen-bond donors (Lipinski definition) is 0. The van der Waals surface area contributed by atoms with Gasteiger partial charge < -0.3 is 0 Å². The predicted molar refractivity (Wildman–Crippen MR) is 80.7 cm³/mol. The van der Waals surface area contributed by atoms with Crippen LogP contribution in [0.5, 0.6) is 0 Å². The molecule has 0 saturated heterocycles. The van der Waals surface area contributed by atoms with Crippen LogP contribution in [0.1, 0.15) is 28.1 Å². The highest BCUT2D eigenvalue weighted by Gasteiger charge is 2.16. The Bertz CT molecular complexity index is 583. The molecule has 100 valence electrons. The summed E-state index contributed by atoms with van der Waals surface area (Å²) in [6.45, 7) is 0. The number of carbonyl (C=O) groups is 1. The van der Waals surface area contributed by atoms with E-state index in [4.69, 9.17) is 11.6 Å². The molecule has 2 rings (SSSR count). The summed E-state index contributed by atoms with van der Waals surface area (Å²) in [6.07, 6.45) is 1.88. The molecule has 0 amide bonds. The lowest BCUT2D eigenvalue weighted by Gasteiger charge is -2.05. The summed E-state index contributed by atoms with van der Waals surface area (Å²) >= 11 is 10.6. The number of rotatable bonds is 5. The third-order valence-corrected chi connectivity index (χ3v) is 4.94. The Labute approximate surface area is 128 Å². The first kappa shape index (κ1) is 14.7. The molecule has 0 aliphatic rings. The minimum Gasteiger partial charge on any atom is -0.294 e. The monoisotopic (exact) mass is 360 g/mol. The number of Topliss-reactive ketones (excluding diaryl/α,β-unsaturated/α-hetero) is 1. The van der Waals surface area contributed by atoms with Crippen molar-refractivity contribution in [3.05, 3.63) is 55.4 Å². The van der Waals surface area contributed by atoms with Crippen LogP contribution in [-0.4, -0.2) is 5.78 Å². The second-order valence-corrected chi connectivity index (χ2v) is 6.34. The van der Waals surface area contributed by atoms with E-state index in [1.54, 1.807) is 17.4 Å². The first-order valence-corrected chi connectivity index (χ1v) is 7.83. The molecule has 1 aromatic carbocycles. The van der Waals surface area contributed by atoms with E-state index in [1.165, 1.54) is 10.9 Å². The Morgan fingerprint density at radius 3 is 2.84 bits per heavy atom. The van der Waals surface area contributed by atoms with E-state index in [1.807, 2.05) is 17.5 Å². The SMILES string of the molecule is O=C(CCCc1cccs1)c1ccc(Br)c(Cl)c1F. The van der Waals surface area contributed by atoms with E-state index in [0.717, 1.165) is 6.42 Å². The van der Waals surface area contributed by atoms with Gasteiger partial charge in [0.25, 0.3) is 0 Å². The molecule has 0 atom stereocenters. The summed E-state index contributed by atoms with van der Waals surface area (Å²) in [5.74, 6) is -0.847. The fraction of sp³-hybridized carbons (Fsp3) is 0.214. The molecule has 0 bridgehead atoms. The minimum atomic E-state index is -0.642. The van der Waals surface area contributed by atoms with Crippen molar-refractivity contribution in [1.82, 2.24) is 0 Å². The molecule has 0 N–H and O–H groups in total. The summed E-state index contributed by atoms with van der Waals surface area (Å²) in [5, 5.41) is 1.97. The Morgan fingerprint density at radius 2 is 2.16 bits per heavy atom. The van der Waals surface area contributed by atoms with Crippen LogP contribution in [0.25, 0.3) is 0 Å². The van der Waals surface area contributed by atoms with Gasteiger partial charge in [0.15, 0.2) is 11.6 Å². The van der Waals surface area contributed by atoms with Crippen LogP contribution in [0.15, 0.2) is 34.1 Å². The molecule has 19 heavy (non-hydrogen) atoms. The zero-order chi connectivity index (χ0) is 13.8. The van der Waals surface area contributed by atoms with Crippen molar-refractivity contribution in [2.75, 3.05) is 0 Å². The van der Waals surface area contributed by atoms with Gasteiger partial charge >= 0.3 is 0 Å². The van der Waals surface area contributed by atoms with Crippen molar-refractivity contribution in [1.29, 1.82) is 0 Å². The van der Waals surface area contributed by atoms with Crippen LogP contribution in [0.3, 0.4) is 0 Å². The predicted octanol–water partition coefficient (Wildman–Crippen LogP) is 5.51. The molecule has 1 aromatic heterocycles. The fourth-order valence-electron chi connectivity index (χ4n) is 1.75. The third kappa shape index (κ3) is 3.65. The maximum atomic E-state index is 13.8. The first-order chi connectivity index (χ1) is 9.09. The van der Waals surface area contributed by atoms with Crippen molar-refractivity contribution in [3.8, 4) is 0 Å². The molecule has 2 aromatic rings. The average molecular weight is 362 g/mol. The zero-order valence-electron chi connectivity index (χ0n) is 9.96. The second-order valence-electron chi connectivity index (χ2n) is 4.08. The third-order valence-electron chi connectivity index (χ3n) is 2.74. The molecule has 1 nitrogen and oxygen atoms in total. The molecule has 1 heterocycles. The van der Waals surface area contributed by atoms with Crippen LogP contribution in [0.2, 0.25) is 5.02 Å². The van der Waals surface area contributed by atoms with E-state index in [2.05, 4.69) is 15.9 Å². The molecule has 0 radical (unpaired) electrons. The van der Waals surface area contributed by atoms with Crippen LogP contribution < -0.4 is 0 Å². The summed E-state index contributed by atoms with van der Waals surface area (Å²) in [7, 11) is 0. The van der Waals surface area contributed by atoms with Gasteiger partial charge in [-0.05, 0) is 52.4 Å². The number of benzene rings is 1. The summed E-state index contributed by atoms with van der Waals surface area (Å²) in [4.78, 5) is 13.2. The minimum absolute atomic E-state index is 0.0379. The van der Waals surface area contributed by atoms with E-state index >= 15 is 0 Å². The van der Waals surface area contributed by atoms with Crippen molar-refractivity contribution >= 4 is 44.7 Å². The number of thiophene rings is 1. The van der Waals surface area contributed by atoms with Crippen LogP contribution in [0.4, 0.5) is 4.39 Å². The Morgan fingerprint density at radius 1 is 1.37 bits per heavy atom. The molecule has 0 unspecified atom stereocenters. The van der Waals surface area contributed by atoms with Crippen molar-refractivity contribution in [2.24, 2.45) is 0 Å². The largest absolute Gasteiger partial charge is 0.294 e. The summed E-state index contributed by atoms with van der Waals surface area (Å²) in [6, 6.07) is 7.08. The van der Waals surface area contributed by atoms with Gasteiger partial charge in [0, 0.05) is 15.8 Å².